The van der Waals surface area contributed by atoms with Crippen LogP contribution in [-0.4, -0.2) is 45.9 Å². The van der Waals surface area contributed by atoms with E-state index in [1.807, 2.05) is 24.3 Å². The second kappa shape index (κ2) is 8.95. The standard InChI is InChI=1S/C27H33N3O4/c1-16-10-11-21-22(29(16)2)12-13-23-24(21)28-26(25(31)17-6-5-9-20(15-17)34-3)30(23)19-8-4-7-18(14-19)27(32)33/h5-6,9,12-13,15-16,18-19,25,31H,4,7-8,10-11,14H2,1-3H3,(H,32,33). The molecule has 4 atom stereocenters. The van der Waals surface area contributed by atoms with E-state index in [4.69, 9.17) is 9.72 Å². The van der Waals surface area contributed by atoms with Gasteiger partial charge in [-0.1, -0.05) is 18.6 Å². The number of benzene rings is 2. The fraction of sp³-hybridized carbons (Fsp3) is 0.481. The number of ether oxygens (including phenoxy) is 1. The van der Waals surface area contributed by atoms with Gasteiger partial charge in [-0.15, -0.1) is 0 Å². The third-order valence-corrected chi connectivity index (χ3v) is 7.84. The molecule has 1 aliphatic heterocycles. The highest BCUT2D eigenvalue weighted by atomic mass is 16.5. The fourth-order valence-corrected chi connectivity index (χ4v) is 5.75. The van der Waals surface area contributed by atoms with Crippen molar-refractivity contribution >= 4 is 22.7 Å². The molecule has 1 aromatic heterocycles. The molecular weight excluding hydrogens is 430 g/mol. The molecule has 2 aliphatic rings. The zero-order chi connectivity index (χ0) is 24.0. The predicted molar refractivity (Wildman–Crippen MR) is 132 cm³/mol. The van der Waals surface area contributed by atoms with Crippen LogP contribution in [0.4, 0.5) is 5.69 Å². The fourth-order valence-electron chi connectivity index (χ4n) is 5.75. The summed E-state index contributed by atoms with van der Waals surface area (Å²) in [6.07, 6.45) is 4.02. The Morgan fingerprint density at radius 2 is 2.03 bits per heavy atom. The highest BCUT2D eigenvalue weighted by Gasteiger charge is 2.33. The number of aliphatic carboxylic acids is 1. The van der Waals surface area contributed by atoms with Crippen LogP contribution < -0.4 is 9.64 Å². The maximum atomic E-state index is 11.8. The van der Waals surface area contributed by atoms with Gasteiger partial charge in [-0.25, -0.2) is 4.98 Å². The summed E-state index contributed by atoms with van der Waals surface area (Å²) < 4.78 is 7.51. The molecule has 2 aromatic carbocycles. The molecule has 180 valence electrons. The van der Waals surface area contributed by atoms with Gasteiger partial charge in [0, 0.05) is 30.4 Å². The number of aliphatic hydroxyl groups is 1. The Bertz CT molecular complexity index is 1220. The maximum absolute atomic E-state index is 11.8. The summed E-state index contributed by atoms with van der Waals surface area (Å²) in [5.41, 5.74) is 5.01. The van der Waals surface area contributed by atoms with E-state index >= 15 is 0 Å². The summed E-state index contributed by atoms with van der Waals surface area (Å²) in [6, 6.07) is 12.1. The Morgan fingerprint density at radius 1 is 1.21 bits per heavy atom. The summed E-state index contributed by atoms with van der Waals surface area (Å²) in [5, 5.41) is 21.2. The summed E-state index contributed by atoms with van der Waals surface area (Å²) in [5.74, 6) is 0.143. The van der Waals surface area contributed by atoms with Crippen molar-refractivity contribution in [3.63, 3.8) is 0 Å². The number of methoxy groups -OCH3 is 1. The number of aliphatic hydroxyl groups excluding tert-OH is 1. The van der Waals surface area contributed by atoms with Crippen LogP contribution in [0.5, 0.6) is 5.75 Å². The molecule has 7 heteroatoms. The van der Waals surface area contributed by atoms with Crippen molar-refractivity contribution in [2.75, 3.05) is 19.1 Å². The van der Waals surface area contributed by atoms with Crippen LogP contribution in [0, 0.1) is 5.92 Å². The molecule has 34 heavy (non-hydrogen) atoms. The Balaban J connectivity index is 1.68. The van der Waals surface area contributed by atoms with Crippen LogP contribution in [0.1, 0.15) is 68.1 Å². The summed E-state index contributed by atoms with van der Waals surface area (Å²) in [7, 11) is 3.73. The van der Waals surface area contributed by atoms with Crippen molar-refractivity contribution in [3.05, 3.63) is 53.3 Å². The SMILES string of the molecule is COc1cccc(C(O)c2nc3c4c(ccc3n2C2CCCC(C(=O)O)C2)N(C)C(C)CC4)c1. The molecule has 4 unspecified atom stereocenters. The molecule has 5 rings (SSSR count). The van der Waals surface area contributed by atoms with Crippen LogP contribution in [0.2, 0.25) is 0 Å². The number of carboxylic acids is 1. The van der Waals surface area contributed by atoms with Gasteiger partial charge in [0.15, 0.2) is 0 Å². The quantitative estimate of drug-likeness (QED) is 0.570. The summed E-state index contributed by atoms with van der Waals surface area (Å²) in [4.78, 5) is 19.2. The number of fused-ring (bicyclic) bond motifs is 3. The lowest BCUT2D eigenvalue weighted by Gasteiger charge is -2.34. The van der Waals surface area contributed by atoms with Gasteiger partial charge in [-0.3, -0.25) is 4.79 Å². The van der Waals surface area contributed by atoms with Crippen LogP contribution in [0.3, 0.4) is 0 Å². The number of imidazole rings is 1. The van der Waals surface area contributed by atoms with E-state index in [2.05, 4.69) is 35.6 Å². The minimum absolute atomic E-state index is 0.0200. The van der Waals surface area contributed by atoms with Crippen molar-refractivity contribution in [1.29, 1.82) is 0 Å². The normalized spacial score (nSPS) is 23.5. The third kappa shape index (κ3) is 3.82. The third-order valence-electron chi connectivity index (χ3n) is 7.84. The van der Waals surface area contributed by atoms with Gasteiger partial charge in [0.1, 0.15) is 17.7 Å². The number of rotatable bonds is 5. The number of hydrogen-bond donors (Lipinski definition) is 2. The van der Waals surface area contributed by atoms with Gasteiger partial charge in [-0.2, -0.15) is 0 Å². The van der Waals surface area contributed by atoms with Crippen LogP contribution in [0.25, 0.3) is 11.0 Å². The van der Waals surface area contributed by atoms with Crippen LogP contribution in [0.15, 0.2) is 36.4 Å². The molecule has 3 aromatic rings. The van der Waals surface area contributed by atoms with Gasteiger partial charge in [0.05, 0.1) is 24.1 Å². The van der Waals surface area contributed by atoms with Crippen molar-refractivity contribution < 1.29 is 19.7 Å². The number of carbonyl (C=O) groups is 1. The molecule has 0 amide bonds. The minimum atomic E-state index is -0.941. The monoisotopic (exact) mass is 463 g/mol. The first-order chi connectivity index (χ1) is 16.4. The molecule has 1 aliphatic carbocycles. The number of aryl methyl sites for hydroxylation is 1. The van der Waals surface area contributed by atoms with Gasteiger partial charge in [-0.05, 0) is 68.9 Å². The second-order valence-electron chi connectivity index (χ2n) is 9.80. The molecule has 1 fully saturated rings. The minimum Gasteiger partial charge on any atom is -0.497 e. The van der Waals surface area contributed by atoms with Crippen LogP contribution in [-0.2, 0) is 11.2 Å². The molecule has 2 heterocycles. The van der Waals surface area contributed by atoms with Gasteiger partial charge in [0.2, 0.25) is 0 Å². The van der Waals surface area contributed by atoms with E-state index in [-0.39, 0.29) is 12.0 Å². The number of anilines is 1. The van der Waals surface area contributed by atoms with Crippen LogP contribution >= 0.6 is 0 Å². The Hall–Kier alpha value is -3.06. The molecule has 2 N–H and O–H groups in total. The second-order valence-corrected chi connectivity index (χ2v) is 9.80. The molecule has 1 saturated carbocycles. The Kier molecular flexibility index (Phi) is 5.98. The Morgan fingerprint density at radius 3 is 2.79 bits per heavy atom. The van der Waals surface area contributed by atoms with Gasteiger partial charge in [0.25, 0.3) is 0 Å². The number of carboxylic acid groups (broad SMARTS) is 1. The van der Waals surface area contributed by atoms with E-state index in [0.29, 0.717) is 36.0 Å². The molecule has 0 radical (unpaired) electrons. The maximum Gasteiger partial charge on any atom is 0.306 e. The average molecular weight is 464 g/mol. The first-order valence-electron chi connectivity index (χ1n) is 12.2. The topological polar surface area (TPSA) is 87.8 Å². The van der Waals surface area contributed by atoms with E-state index in [9.17, 15) is 15.0 Å². The lowest BCUT2D eigenvalue weighted by Crippen LogP contribution is -2.33. The lowest BCUT2D eigenvalue weighted by molar-refractivity contribution is -0.143. The van der Waals surface area contributed by atoms with E-state index < -0.39 is 12.1 Å². The van der Waals surface area contributed by atoms with Crippen molar-refractivity contribution in [1.82, 2.24) is 9.55 Å². The van der Waals surface area contributed by atoms with Gasteiger partial charge >= 0.3 is 5.97 Å². The van der Waals surface area contributed by atoms with Crippen molar-refractivity contribution in [2.45, 2.75) is 63.6 Å². The van der Waals surface area contributed by atoms with E-state index in [1.165, 1.54) is 11.3 Å². The van der Waals surface area contributed by atoms with Gasteiger partial charge < -0.3 is 24.4 Å². The Labute approximate surface area is 200 Å². The first kappa shape index (κ1) is 22.7. The van der Waals surface area contributed by atoms with E-state index in [0.717, 1.165) is 36.7 Å². The zero-order valence-electron chi connectivity index (χ0n) is 20.1. The van der Waals surface area contributed by atoms with Crippen molar-refractivity contribution in [2.24, 2.45) is 5.92 Å². The highest BCUT2D eigenvalue weighted by molar-refractivity contribution is 5.86. The molecular formula is C27H33N3O4. The smallest absolute Gasteiger partial charge is 0.306 e. The molecule has 7 nitrogen and oxygen atoms in total. The number of hydrogen-bond acceptors (Lipinski definition) is 5. The largest absolute Gasteiger partial charge is 0.497 e. The zero-order valence-corrected chi connectivity index (χ0v) is 20.1. The molecule has 0 spiro atoms. The molecule has 0 bridgehead atoms. The average Bonchev–Trinajstić information content (AvgIpc) is 3.25. The predicted octanol–water partition coefficient (Wildman–Crippen LogP) is 4.71. The molecule has 0 saturated heterocycles. The highest BCUT2D eigenvalue weighted by Crippen LogP contribution is 2.41. The van der Waals surface area contributed by atoms with Crippen molar-refractivity contribution in [3.8, 4) is 5.75 Å². The number of aromatic nitrogens is 2. The van der Waals surface area contributed by atoms with E-state index in [1.54, 1.807) is 7.11 Å². The summed E-state index contributed by atoms with van der Waals surface area (Å²) in [6.45, 7) is 2.23. The first-order valence-corrected chi connectivity index (χ1v) is 12.2. The summed E-state index contributed by atoms with van der Waals surface area (Å²) >= 11 is 0. The lowest BCUT2D eigenvalue weighted by atomic mass is 9.85. The number of nitrogens with zero attached hydrogens (tertiary/aromatic N) is 3.